The van der Waals surface area contributed by atoms with Crippen LogP contribution in [0, 0.1) is 12.8 Å². The second-order valence-corrected chi connectivity index (χ2v) is 5.37. The topological polar surface area (TPSA) is 38.3 Å². The summed E-state index contributed by atoms with van der Waals surface area (Å²) in [5, 5.41) is 3.31. The summed E-state index contributed by atoms with van der Waals surface area (Å²) in [7, 11) is 0. The van der Waals surface area contributed by atoms with E-state index in [0.717, 1.165) is 11.4 Å². The molecule has 0 aliphatic carbocycles. The van der Waals surface area contributed by atoms with Crippen LogP contribution in [0.15, 0.2) is 12.1 Å². The molecular formula is C12H17NO2S. The molecule has 2 heterocycles. The fourth-order valence-corrected chi connectivity index (χ4v) is 2.90. The van der Waals surface area contributed by atoms with Gasteiger partial charge in [-0.25, -0.2) is 0 Å². The summed E-state index contributed by atoms with van der Waals surface area (Å²) in [4.78, 5) is 14.3. The van der Waals surface area contributed by atoms with Crippen LogP contribution in [0.3, 0.4) is 0 Å². The highest BCUT2D eigenvalue weighted by molar-refractivity contribution is 7.14. The summed E-state index contributed by atoms with van der Waals surface area (Å²) in [6, 6.07) is 4.10. The maximum Gasteiger partial charge on any atom is 0.179 e. The Bertz CT molecular complexity index is 375. The number of nitrogens with one attached hydrogen (secondary N) is 1. The van der Waals surface area contributed by atoms with Gasteiger partial charge in [0.2, 0.25) is 0 Å². The Morgan fingerprint density at radius 1 is 1.56 bits per heavy atom. The van der Waals surface area contributed by atoms with Crippen LogP contribution in [0.4, 0.5) is 0 Å². The number of thiophene rings is 1. The molecule has 1 fully saturated rings. The number of ketones is 1. The molecule has 1 aromatic heterocycles. The smallest absolute Gasteiger partial charge is 0.179 e. The summed E-state index contributed by atoms with van der Waals surface area (Å²) < 4.78 is 5.39. The van der Waals surface area contributed by atoms with E-state index < -0.39 is 0 Å². The van der Waals surface area contributed by atoms with E-state index in [1.54, 1.807) is 11.3 Å². The van der Waals surface area contributed by atoms with Crippen molar-refractivity contribution in [2.24, 2.45) is 5.92 Å². The van der Waals surface area contributed by atoms with Gasteiger partial charge in [-0.1, -0.05) is 6.92 Å². The van der Waals surface area contributed by atoms with Gasteiger partial charge in [-0.05, 0) is 25.6 Å². The van der Waals surface area contributed by atoms with Crippen LogP contribution in [0.1, 0.15) is 21.5 Å². The third kappa shape index (κ3) is 2.34. The second-order valence-electron chi connectivity index (χ2n) is 4.08. The van der Waals surface area contributed by atoms with Crippen molar-refractivity contribution in [3.05, 3.63) is 21.9 Å². The Morgan fingerprint density at radius 3 is 3.00 bits per heavy atom. The molecule has 0 spiro atoms. The van der Waals surface area contributed by atoms with Gasteiger partial charge in [0, 0.05) is 10.9 Å². The molecule has 1 saturated heterocycles. The highest BCUT2D eigenvalue weighted by Gasteiger charge is 2.34. The van der Waals surface area contributed by atoms with Crippen molar-refractivity contribution in [1.82, 2.24) is 5.32 Å². The van der Waals surface area contributed by atoms with Gasteiger partial charge in [0.05, 0.1) is 24.0 Å². The average Bonchev–Trinajstić information content (AvgIpc) is 2.87. The van der Waals surface area contributed by atoms with Gasteiger partial charge in [-0.3, -0.25) is 4.79 Å². The van der Waals surface area contributed by atoms with E-state index in [-0.39, 0.29) is 17.7 Å². The molecule has 4 heteroatoms. The number of aryl methyl sites for hydroxylation is 1. The molecule has 1 aliphatic rings. The molecule has 2 unspecified atom stereocenters. The zero-order valence-corrected chi connectivity index (χ0v) is 10.5. The first kappa shape index (κ1) is 11.8. The van der Waals surface area contributed by atoms with Gasteiger partial charge in [0.25, 0.3) is 0 Å². The molecule has 1 aromatic rings. The van der Waals surface area contributed by atoms with E-state index in [1.807, 2.05) is 19.1 Å². The molecule has 0 saturated carbocycles. The Balaban J connectivity index is 2.09. The average molecular weight is 239 g/mol. The number of carbonyl (C=O) groups is 1. The number of Topliss-reactive ketones (excluding diaryl/α,β-unsaturated/α-hetero) is 1. The Morgan fingerprint density at radius 2 is 2.38 bits per heavy atom. The van der Waals surface area contributed by atoms with Crippen LogP contribution >= 0.6 is 11.3 Å². The molecule has 2 atom stereocenters. The molecule has 16 heavy (non-hydrogen) atoms. The molecule has 0 aromatic carbocycles. The molecular weight excluding hydrogens is 222 g/mol. The third-order valence-electron chi connectivity index (χ3n) is 2.87. The Hall–Kier alpha value is -0.710. The fourth-order valence-electron chi connectivity index (χ4n) is 2.03. The van der Waals surface area contributed by atoms with Crippen LogP contribution in [0.5, 0.6) is 0 Å². The number of hydrogen-bond acceptors (Lipinski definition) is 4. The third-order valence-corrected chi connectivity index (χ3v) is 3.88. The summed E-state index contributed by atoms with van der Waals surface area (Å²) in [5.74, 6) is 0.208. The van der Waals surface area contributed by atoms with Crippen molar-refractivity contribution in [2.75, 3.05) is 19.8 Å². The largest absolute Gasteiger partial charge is 0.379 e. The molecule has 2 rings (SSSR count). The maximum atomic E-state index is 12.2. The van der Waals surface area contributed by atoms with Crippen LogP contribution in [0.25, 0.3) is 0 Å². The van der Waals surface area contributed by atoms with Crippen molar-refractivity contribution >= 4 is 17.1 Å². The van der Waals surface area contributed by atoms with Crippen molar-refractivity contribution in [3.8, 4) is 0 Å². The van der Waals surface area contributed by atoms with Gasteiger partial charge in [-0.15, -0.1) is 11.3 Å². The second kappa shape index (κ2) is 5.08. The molecule has 0 amide bonds. The molecule has 0 radical (unpaired) electrons. The minimum atomic E-state index is -0.0157. The fraction of sp³-hybridized carbons (Fsp3) is 0.583. The van der Waals surface area contributed by atoms with E-state index in [4.69, 9.17) is 4.74 Å². The number of carbonyl (C=O) groups excluding carboxylic acids is 1. The first-order chi connectivity index (χ1) is 7.72. The minimum Gasteiger partial charge on any atom is -0.379 e. The van der Waals surface area contributed by atoms with E-state index in [2.05, 4.69) is 12.2 Å². The van der Waals surface area contributed by atoms with E-state index in [9.17, 15) is 4.79 Å². The van der Waals surface area contributed by atoms with Gasteiger partial charge in [-0.2, -0.15) is 0 Å². The predicted octanol–water partition coefficient (Wildman–Crippen LogP) is 1.86. The van der Waals surface area contributed by atoms with Crippen LogP contribution in [-0.2, 0) is 4.74 Å². The molecule has 0 bridgehead atoms. The Kier molecular flexibility index (Phi) is 3.74. The lowest BCUT2D eigenvalue weighted by molar-refractivity contribution is 0.0896. The molecule has 88 valence electrons. The summed E-state index contributed by atoms with van der Waals surface area (Å²) in [5.41, 5.74) is 0. The number of hydrogen-bond donors (Lipinski definition) is 1. The lowest BCUT2D eigenvalue weighted by Crippen LogP contribution is -2.38. The number of ether oxygens (including phenoxy) is 1. The summed E-state index contributed by atoms with van der Waals surface area (Å²) in [6.07, 6.45) is 0. The predicted molar refractivity (Wildman–Crippen MR) is 65.2 cm³/mol. The lowest BCUT2D eigenvalue weighted by atomic mass is 9.97. The monoisotopic (exact) mass is 239 g/mol. The highest BCUT2D eigenvalue weighted by atomic mass is 32.1. The van der Waals surface area contributed by atoms with Crippen molar-refractivity contribution in [3.63, 3.8) is 0 Å². The standard InChI is InChI=1S/C12H17NO2S/c1-3-13-10-7-15-6-9(10)12(14)11-5-4-8(2)16-11/h4-5,9-10,13H,3,6-7H2,1-2H3. The van der Waals surface area contributed by atoms with Crippen molar-refractivity contribution < 1.29 is 9.53 Å². The van der Waals surface area contributed by atoms with Crippen LogP contribution in [0.2, 0.25) is 0 Å². The van der Waals surface area contributed by atoms with Gasteiger partial charge in [0.15, 0.2) is 5.78 Å². The van der Waals surface area contributed by atoms with Crippen LogP contribution < -0.4 is 5.32 Å². The zero-order valence-electron chi connectivity index (χ0n) is 9.66. The first-order valence-corrected chi connectivity index (χ1v) is 6.45. The van der Waals surface area contributed by atoms with Crippen molar-refractivity contribution in [1.29, 1.82) is 0 Å². The quantitative estimate of drug-likeness (QED) is 0.815. The summed E-state index contributed by atoms with van der Waals surface area (Å²) in [6.45, 7) is 6.15. The number of rotatable bonds is 4. The van der Waals surface area contributed by atoms with Gasteiger partial charge >= 0.3 is 0 Å². The Labute approximate surface area is 99.8 Å². The van der Waals surface area contributed by atoms with Crippen LogP contribution in [-0.4, -0.2) is 31.6 Å². The molecule has 1 N–H and O–H groups in total. The SMILES string of the molecule is CCNC1COCC1C(=O)c1ccc(C)s1. The lowest BCUT2D eigenvalue weighted by Gasteiger charge is -2.16. The molecule has 1 aliphatic heterocycles. The highest BCUT2D eigenvalue weighted by Crippen LogP contribution is 2.24. The normalized spacial score (nSPS) is 24.9. The van der Waals surface area contributed by atoms with Crippen molar-refractivity contribution in [2.45, 2.75) is 19.9 Å². The van der Waals surface area contributed by atoms with Gasteiger partial charge in [0.1, 0.15) is 0 Å². The van der Waals surface area contributed by atoms with E-state index in [0.29, 0.717) is 13.2 Å². The van der Waals surface area contributed by atoms with Gasteiger partial charge < -0.3 is 10.1 Å². The maximum absolute atomic E-state index is 12.2. The zero-order chi connectivity index (χ0) is 11.5. The molecule has 3 nitrogen and oxygen atoms in total. The van der Waals surface area contributed by atoms with E-state index >= 15 is 0 Å². The summed E-state index contributed by atoms with van der Waals surface area (Å²) >= 11 is 1.57. The minimum absolute atomic E-state index is 0.0157. The number of likely N-dealkylation sites (N-methyl/N-ethyl adjacent to an activating group) is 1. The van der Waals surface area contributed by atoms with E-state index in [1.165, 1.54) is 4.88 Å². The first-order valence-electron chi connectivity index (χ1n) is 5.64.